The predicted molar refractivity (Wildman–Crippen MR) is 83.3 cm³/mol. The third-order valence-corrected chi connectivity index (χ3v) is 3.82. The topological polar surface area (TPSA) is 41.6 Å². The Labute approximate surface area is 128 Å². The highest BCUT2D eigenvalue weighted by Crippen LogP contribution is 2.33. The van der Waals surface area contributed by atoms with E-state index in [4.69, 9.17) is 4.74 Å². The molecule has 0 aromatic heterocycles. The number of ether oxygens (including phenoxy) is 1. The summed E-state index contributed by atoms with van der Waals surface area (Å²) in [6.07, 6.45) is -0.265. The van der Waals surface area contributed by atoms with Crippen molar-refractivity contribution in [2.24, 2.45) is 0 Å². The molecule has 1 heterocycles. The molecule has 1 aromatic carbocycles. The molecule has 0 saturated carbocycles. The number of hydrogen-bond acceptors (Lipinski definition) is 3. The van der Waals surface area contributed by atoms with Crippen LogP contribution in [0.5, 0.6) is 5.75 Å². The van der Waals surface area contributed by atoms with Gasteiger partial charge in [-0.25, -0.2) is 4.79 Å². The molecule has 0 radical (unpaired) electrons. The molecule has 0 unspecified atom stereocenters. The SMILES string of the molecule is CC(C)(C)c1cc(Br)ccc1OC(=O)N1CCNCC1. The summed E-state index contributed by atoms with van der Waals surface area (Å²) in [5.74, 6) is 0.643. The normalized spacial score (nSPS) is 16.1. The standard InChI is InChI=1S/C15H21BrN2O2/c1-15(2,3)12-10-11(16)4-5-13(12)20-14(19)18-8-6-17-7-9-18/h4-5,10,17H,6-9H2,1-3H3. The fraction of sp³-hybridized carbons (Fsp3) is 0.533. The lowest BCUT2D eigenvalue weighted by atomic mass is 9.86. The van der Waals surface area contributed by atoms with Gasteiger partial charge in [-0.15, -0.1) is 0 Å². The van der Waals surface area contributed by atoms with Gasteiger partial charge in [-0.3, -0.25) is 0 Å². The Balaban J connectivity index is 2.18. The van der Waals surface area contributed by atoms with Gasteiger partial charge in [0.1, 0.15) is 5.75 Å². The number of halogens is 1. The number of amides is 1. The Kier molecular flexibility index (Phi) is 4.70. The van der Waals surface area contributed by atoms with Crippen molar-refractivity contribution in [2.75, 3.05) is 26.2 Å². The van der Waals surface area contributed by atoms with Crippen molar-refractivity contribution in [3.05, 3.63) is 28.2 Å². The van der Waals surface area contributed by atoms with Gasteiger partial charge in [-0.05, 0) is 23.6 Å². The molecule has 1 N–H and O–H groups in total. The second kappa shape index (κ2) is 6.14. The molecule has 110 valence electrons. The zero-order valence-electron chi connectivity index (χ0n) is 12.2. The number of piperazine rings is 1. The fourth-order valence-electron chi connectivity index (χ4n) is 2.18. The summed E-state index contributed by atoms with van der Waals surface area (Å²) in [6.45, 7) is 9.36. The van der Waals surface area contributed by atoms with Crippen molar-refractivity contribution in [1.82, 2.24) is 10.2 Å². The molecule has 5 heteroatoms. The molecule has 0 atom stereocenters. The number of hydrogen-bond donors (Lipinski definition) is 1. The van der Waals surface area contributed by atoms with Gasteiger partial charge in [-0.2, -0.15) is 0 Å². The molecule has 1 aliphatic rings. The number of carbonyl (C=O) groups is 1. The van der Waals surface area contributed by atoms with Gasteiger partial charge in [0.05, 0.1) is 0 Å². The van der Waals surface area contributed by atoms with E-state index in [1.165, 1.54) is 0 Å². The van der Waals surface area contributed by atoms with Crippen LogP contribution in [0.4, 0.5) is 4.79 Å². The maximum Gasteiger partial charge on any atom is 0.415 e. The molecule has 2 rings (SSSR count). The van der Waals surface area contributed by atoms with E-state index >= 15 is 0 Å². The Morgan fingerprint density at radius 3 is 2.55 bits per heavy atom. The first-order chi connectivity index (χ1) is 9.38. The van der Waals surface area contributed by atoms with E-state index in [0.29, 0.717) is 18.8 Å². The smallest absolute Gasteiger partial charge is 0.410 e. The van der Waals surface area contributed by atoms with Crippen LogP contribution in [-0.2, 0) is 5.41 Å². The van der Waals surface area contributed by atoms with Crippen LogP contribution in [-0.4, -0.2) is 37.2 Å². The summed E-state index contributed by atoms with van der Waals surface area (Å²) in [4.78, 5) is 13.9. The number of rotatable bonds is 1. The zero-order chi connectivity index (χ0) is 14.8. The Bertz CT molecular complexity index is 491. The predicted octanol–water partition coefficient (Wildman–Crippen LogP) is 3.15. The van der Waals surface area contributed by atoms with E-state index in [9.17, 15) is 4.79 Å². The van der Waals surface area contributed by atoms with Crippen LogP contribution in [0.25, 0.3) is 0 Å². The van der Waals surface area contributed by atoms with E-state index in [2.05, 4.69) is 42.0 Å². The van der Waals surface area contributed by atoms with Crippen molar-refractivity contribution in [2.45, 2.75) is 26.2 Å². The summed E-state index contributed by atoms with van der Waals surface area (Å²) in [6, 6.07) is 5.76. The third-order valence-electron chi connectivity index (χ3n) is 3.32. The molecule has 1 saturated heterocycles. The Hall–Kier alpha value is -1.07. The van der Waals surface area contributed by atoms with Crippen LogP contribution in [0.3, 0.4) is 0 Å². The van der Waals surface area contributed by atoms with Gasteiger partial charge in [0.25, 0.3) is 0 Å². The number of carbonyl (C=O) groups excluding carboxylic acids is 1. The van der Waals surface area contributed by atoms with E-state index < -0.39 is 0 Å². The minimum Gasteiger partial charge on any atom is -0.410 e. The maximum absolute atomic E-state index is 12.2. The quantitative estimate of drug-likeness (QED) is 0.853. The molecular formula is C15H21BrN2O2. The lowest BCUT2D eigenvalue weighted by Crippen LogP contribution is -2.47. The van der Waals surface area contributed by atoms with E-state index in [1.807, 2.05) is 18.2 Å². The Morgan fingerprint density at radius 2 is 1.95 bits per heavy atom. The largest absolute Gasteiger partial charge is 0.415 e. The van der Waals surface area contributed by atoms with Crippen LogP contribution >= 0.6 is 15.9 Å². The molecule has 1 aliphatic heterocycles. The molecule has 4 nitrogen and oxygen atoms in total. The zero-order valence-corrected chi connectivity index (χ0v) is 13.8. The average molecular weight is 341 g/mol. The van der Waals surface area contributed by atoms with Crippen LogP contribution in [0.2, 0.25) is 0 Å². The summed E-state index contributed by atoms with van der Waals surface area (Å²) in [5, 5.41) is 3.22. The first kappa shape index (κ1) is 15.3. The summed E-state index contributed by atoms with van der Waals surface area (Å²) < 4.78 is 6.60. The fourth-order valence-corrected chi connectivity index (χ4v) is 2.54. The molecule has 20 heavy (non-hydrogen) atoms. The Morgan fingerprint density at radius 1 is 1.30 bits per heavy atom. The van der Waals surface area contributed by atoms with Gasteiger partial charge in [0.2, 0.25) is 0 Å². The molecular weight excluding hydrogens is 320 g/mol. The maximum atomic E-state index is 12.2. The first-order valence-electron chi connectivity index (χ1n) is 6.85. The second-order valence-corrected chi connectivity index (χ2v) is 6.91. The lowest BCUT2D eigenvalue weighted by Gasteiger charge is -2.28. The van der Waals surface area contributed by atoms with Crippen LogP contribution < -0.4 is 10.1 Å². The average Bonchev–Trinajstić information content (AvgIpc) is 2.40. The van der Waals surface area contributed by atoms with Crippen LogP contribution in [0, 0.1) is 0 Å². The third kappa shape index (κ3) is 3.73. The van der Waals surface area contributed by atoms with Crippen molar-refractivity contribution in [3.8, 4) is 5.75 Å². The second-order valence-electron chi connectivity index (χ2n) is 6.00. The van der Waals surface area contributed by atoms with Crippen molar-refractivity contribution in [3.63, 3.8) is 0 Å². The minimum atomic E-state index is -0.265. The summed E-state index contributed by atoms with van der Waals surface area (Å²) in [7, 11) is 0. The monoisotopic (exact) mass is 340 g/mol. The van der Waals surface area contributed by atoms with Gasteiger partial charge < -0.3 is 15.0 Å². The van der Waals surface area contributed by atoms with E-state index in [1.54, 1.807) is 4.90 Å². The lowest BCUT2D eigenvalue weighted by molar-refractivity contribution is 0.145. The molecule has 0 aliphatic carbocycles. The highest BCUT2D eigenvalue weighted by atomic mass is 79.9. The summed E-state index contributed by atoms with van der Waals surface area (Å²) in [5.41, 5.74) is 0.943. The first-order valence-corrected chi connectivity index (χ1v) is 7.65. The number of benzene rings is 1. The van der Waals surface area contributed by atoms with Gasteiger partial charge in [0.15, 0.2) is 0 Å². The van der Waals surface area contributed by atoms with Gasteiger partial charge in [-0.1, -0.05) is 36.7 Å². The van der Waals surface area contributed by atoms with Crippen LogP contribution in [0.1, 0.15) is 26.3 Å². The van der Waals surface area contributed by atoms with E-state index in [0.717, 1.165) is 23.1 Å². The molecule has 0 bridgehead atoms. The molecule has 1 aromatic rings. The number of nitrogens with zero attached hydrogens (tertiary/aromatic N) is 1. The highest BCUT2D eigenvalue weighted by molar-refractivity contribution is 9.10. The molecule has 1 amide bonds. The van der Waals surface area contributed by atoms with Gasteiger partial charge in [0, 0.05) is 36.2 Å². The highest BCUT2D eigenvalue weighted by Gasteiger charge is 2.23. The molecule has 0 spiro atoms. The van der Waals surface area contributed by atoms with Crippen molar-refractivity contribution < 1.29 is 9.53 Å². The number of nitrogens with one attached hydrogen (secondary N) is 1. The van der Waals surface area contributed by atoms with Crippen LogP contribution in [0.15, 0.2) is 22.7 Å². The van der Waals surface area contributed by atoms with Gasteiger partial charge >= 0.3 is 6.09 Å². The van der Waals surface area contributed by atoms with E-state index in [-0.39, 0.29) is 11.5 Å². The minimum absolute atomic E-state index is 0.0805. The molecule has 1 fully saturated rings. The van der Waals surface area contributed by atoms with Crippen molar-refractivity contribution >= 4 is 22.0 Å². The summed E-state index contributed by atoms with van der Waals surface area (Å²) >= 11 is 3.47. The van der Waals surface area contributed by atoms with Crippen molar-refractivity contribution in [1.29, 1.82) is 0 Å².